The second-order valence-electron chi connectivity index (χ2n) is 10.5. The first-order chi connectivity index (χ1) is 19.1. The summed E-state index contributed by atoms with van der Waals surface area (Å²) in [4.78, 5) is 13.0. The van der Waals surface area contributed by atoms with Crippen molar-refractivity contribution in [2.45, 2.75) is 61.7 Å². The predicted octanol–water partition coefficient (Wildman–Crippen LogP) is 1.57. The van der Waals surface area contributed by atoms with Gasteiger partial charge in [-0.15, -0.1) is 0 Å². The van der Waals surface area contributed by atoms with E-state index in [4.69, 9.17) is 18.9 Å². The van der Waals surface area contributed by atoms with Crippen LogP contribution in [-0.2, 0) is 30.7 Å². The van der Waals surface area contributed by atoms with Crippen molar-refractivity contribution in [3.05, 3.63) is 60.2 Å². The summed E-state index contributed by atoms with van der Waals surface area (Å²) in [5.74, 6) is 0.499. The van der Waals surface area contributed by atoms with Crippen molar-refractivity contribution < 1.29 is 42.4 Å². The molecule has 2 heterocycles. The molecule has 12 heteroatoms. The molecule has 1 amide bonds. The van der Waals surface area contributed by atoms with Crippen LogP contribution in [0.5, 0.6) is 5.75 Å². The van der Waals surface area contributed by atoms with Gasteiger partial charge in [0.15, 0.2) is 6.10 Å². The molecule has 2 aromatic rings. The molecule has 2 aromatic carbocycles. The van der Waals surface area contributed by atoms with Crippen LogP contribution in [-0.4, -0.2) is 99.0 Å². The van der Waals surface area contributed by atoms with Crippen molar-refractivity contribution in [3.8, 4) is 5.75 Å². The Hall–Kier alpha value is -2.74. The molecule has 11 nitrogen and oxygen atoms in total. The molecule has 2 aliphatic rings. The number of carbonyl (C=O) groups excluding carboxylic acids is 1. The summed E-state index contributed by atoms with van der Waals surface area (Å²) in [5, 5.41) is 24.0. The van der Waals surface area contributed by atoms with Gasteiger partial charge in [-0.05, 0) is 42.2 Å². The number of hydrogen-bond donors (Lipinski definition) is 3. The highest BCUT2D eigenvalue weighted by Crippen LogP contribution is 2.29. The number of alkyl carbamates (subject to hydrolysis) is 1. The summed E-state index contributed by atoms with van der Waals surface area (Å²) in [7, 11) is -2.47. The van der Waals surface area contributed by atoms with Crippen molar-refractivity contribution >= 4 is 16.1 Å². The molecule has 0 unspecified atom stereocenters. The summed E-state index contributed by atoms with van der Waals surface area (Å²) in [6, 6.07) is 14.4. The van der Waals surface area contributed by atoms with Gasteiger partial charge in [0.1, 0.15) is 24.1 Å². The molecule has 2 fully saturated rings. The zero-order chi connectivity index (χ0) is 28.9. The summed E-state index contributed by atoms with van der Waals surface area (Å²) < 4.78 is 50.1. The Morgan fingerprint density at radius 2 is 1.73 bits per heavy atom. The van der Waals surface area contributed by atoms with Gasteiger partial charge in [-0.3, -0.25) is 0 Å². The van der Waals surface area contributed by atoms with Gasteiger partial charge in [0.25, 0.3) is 0 Å². The number of aliphatic hydroxyl groups excluding tert-OH is 2. The summed E-state index contributed by atoms with van der Waals surface area (Å²) in [6.07, 6.45) is -4.47. The van der Waals surface area contributed by atoms with E-state index in [-0.39, 0.29) is 43.5 Å². The van der Waals surface area contributed by atoms with E-state index in [1.54, 1.807) is 12.1 Å². The van der Waals surface area contributed by atoms with E-state index in [0.29, 0.717) is 5.75 Å². The smallest absolute Gasteiger partial charge is 0.407 e. The first-order valence-corrected chi connectivity index (χ1v) is 14.8. The van der Waals surface area contributed by atoms with Crippen LogP contribution < -0.4 is 10.1 Å². The molecule has 2 saturated heterocycles. The highest BCUT2D eigenvalue weighted by molar-refractivity contribution is 7.89. The quantitative estimate of drug-likeness (QED) is 0.342. The molecular weight excluding hydrogens is 540 g/mol. The third kappa shape index (κ3) is 7.31. The normalized spacial score (nSPS) is 24.1. The molecule has 0 spiro atoms. The standard InChI is InChI=1S/C28H38N2O9S/c1-18(2)14-30(40(34,35)21-11-9-20(36-3)10-12-21)15-23(31)22(13-19-7-5-4-6-8-19)29-28(33)39-25-17-38-26-24(32)16-37-27(25)26/h4-12,18,22-27,31-32H,13-17H2,1-3H3,(H,29,33)/t22-,23+,24-,25+,26-,27-/m0/s1. The van der Waals surface area contributed by atoms with Crippen LogP contribution >= 0.6 is 0 Å². The zero-order valence-corrected chi connectivity index (χ0v) is 23.7. The molecule has 4 rings (SSSR count). The third-order valence-corrected chi connectivity index (χ3v) is 8.81. The van der Waals surface area contributed by atoms with E-state index < -0.39 is 52.7 Å². The number of fused-ring (bicyclic) bond motifs is 1. The number of aliphatic hydroxyl groups is 2. The van der Waals surface area contributed by atoms with E-state index in [1.807, 2.05) is 44.2 Å². The van der Waals surface area contributed by atoms with E-state index >= 15 is 0 Å². The molecular formula is C28H38N2O9S. The van der Waals surface area contributed by atoms with Crippen molar-refractivity contribution in [3.63, 3.8) is 0 Å². The average molecular weight is 579 g/mol. The molecule has 6 atom stereocenters. The van der Waals surface area contributed by atoms with Crippen LogP contribution in [0, 0.1) is 5.92 Å². The summed E-state index contributed by atoms with van der Waals surface area (Å²) >= 11 is 0. The van der Waals surface area contributed by atoms with E-state index in [1.165, 1.54) is 23.5 Å². The number of methoxy groups -OCH3 is 1. The lowest BCUT2D eigenvalue weighted by Crippen LogP contribution is -2.52. The minimum atomic E-state index is -3.97. The van der Waals surface area contributed by atoms with Crippen LogP contribution in [0.3, 0.4) is 0 Å². The molecule has 40 heavy (non-hydrogen) atoms. The molecule has 0 bridgehead atoms. The number of ether oxygens (including phenoxy) is 4. The fraction of sp³-hybridized carbons (Fsp3) is 0.536. The maximum absolute atomic E-state index is 13.6. The Labute approximate surface area is 235 Å². The lowest BCUT2D eigenvalue weighted by atomic mass is 10.0. The first kappa shape index (κ1) is 30.2. The van der Waals surface area contributed by atoms with Gasteiger partial charge in [-0.25, -0.2) is 13.2 Å². The Morgan fingerprint density at radius 1 is 1.05 bits per heavy atom. The topological polar surface area (TPSA) is 144 Å². The fourth-order valence-corrected chi connectivity index (χ4v) is 6.55. The lowest BCUT2D eigenvalue weighted by molar-refractivity contribution is -0.00897. The van der Waals surface area contributed by atoms with E-state index in [0.717, 1.165) is 5.56 Å². The maximum Gasteiger partial charge on any atom is 0.407 e. The molecule has 2 aliphatic heterocycles. The minimum Gasteiger partial charge on any atom is -0.497 e. The Bertz CT molecular complexity index is 1210. The van der Waals surface area contributed by atoms with Crippen molar-refractivity contribution in [2.75, 3.05) is 33.4 Å². The number of hydrogen-bond acceptors (Lipinski definition) is 9. The highest BCUT2D eigenvalue weighted by Gasteiger charge is 2.49. The molecule has 220 valence electrons. The van der Waals surface area contributed by atoms with Crippen molar-refractivity contribution in [1.29, 1.82) is 0 Å². The van der Waals surface area contributed by atoms with Gasteiger partial charge in [0, 0.05) is 13.1 Å². The largest absolute Gasteiger partial charge is 0.497 e. The van der Waals surface area contributed by atoms with E-state index in [2.05, 4.69) is 5.32 Å². The predicted molar refractivity (Wildman–Crippen MR) is 145 cm³/mol. The molecule has 0 aromatic heterocycles. The number of amides is 1. The van der Waals surface area contributed by atoms with Crippen molar-refractivity contribution in [2.24, 2.45) is 5.92 Å². The SMILES string of the molecule is COc1ccc(S(=O)(=O)N(CC(C)C)C[C@@H](O)[C@H](Cc2ccccc2)NC(=O)O[C@@H]2CO[C@@H]3[C@H]2OC[C@@H]3O)cc1. The number of benzene rings is 2. The van der Waals surface area contributed by atoms with Crippen molar-refractivity contribution in [1.82, 2.24) is 9.62 Å². The van der Waals surface area contributed by atoms with Crippen LogP contribution in [0.1, 0.15) is 19.4 Å². The van der Waals surface area contributed by atoms with Gasteiger partial charge >= 0.3 is 6.09 Å². The minimum absolute atomic E-state index is 0.0252. The second-order valence-corrected chi connectivity index (χ2v) is 12.4. The summed E-state index contributed by atoms with van der Waals surface area (Å²) in [6.45, 7) is 3.86. The zero-order valence-electron chi connectivity index (χ0n) is 22.9. The van der Waals surface area contributed by atoms with Gasteiger partial charge in [-0.1, -0.05) is 44.2 Å². The Morgan fingerprint density at radius 3 is 2.38 bits per heavy atom. The second kappa shape index (κ2) is 13.3. The van der Waals surface area contributed by atoms with Gasteiger partial charge in [0.05, 0.1) is 37.4 Å². The monoisotopic (exact) mass is 578 g/mol. The van der Waals surface area contributed by atoms with Crippen LogP contribution in [0.2, 0.25) is 0 Å². The number of nitrogens with one attached hydrogen (secondary N) is 1. The van der Waals surface area contributed by atoms with Crippen LogP contribution in [0.25, 0.3) is 0 Å². The summed E-state index contributed by atoms with van der Waals surface area (Å²) in [5.41, 5.74) is 0.840. The van der Waals surface area contributed by atoms with Gasteiger partial charge < -0.3 is 34.5 Å². The molecule has 0 radical (unpaired) electrons. The number of sulfonamides is 1. The Balaban J connectivity index is 1.50. The van der Waals surface area contributed by atoms with E-state index in [9.17, 15) is 23.4 Å². The highest BCUT2D eigenvalue weighted by atomic mass is 32.2. The third-order valence-electron chi connectivity index (χ3n) is 6.96. The maximum atomic E-state index is 13.6. The van der Waals surface area contributed by atoms with Crippen LogP contribution in [0.15, 0.2) is 59.5 Å². The fourth-order valence-electron chi connectivity index (χ4n) is 4.93. The lowest BCUT2D eigenvalue weighted by Gasteiger charge is -2.31. The Kier molecular flexibility index (Phi) is 10.0. The first-order valence-electron chi connectivity index (χ1n) is 13.3. The molecule has 0 saturated carbocycles. The molecule has 0 aliphatic carbocycles. The number of carbonyl (C=O) groups is 1. The van der Waals surface area contributed by atoms with Gasteiger partial charge in [0.2, 0.25) is 10.0 Å². The van der Waals surface area contributed by atoms with Gasteiger partial charge in [-0.2, -0.15) is 4.31 Å². The average Bonchev–Trinajstić information content (AvgIpc) is 3.50. The number of rotatable bonds is 12. The van der Waals surface area contributed by atoms with Crippen LogP contribution in [0.4, 0.5) is 4.79 Å². The number of nitrogens with zero attached hydrogens (tertiary/aromatic N) is 1. The molecule has 3 N–H and O–H groups in total.